The number of rotatable bonds is 5. The first-order valence-corrected chi connectivity index (χ1v) is 7.58. The summed E-state index contributed by atoms with van der Waals surface area (Å²) < 4.78 is 38.2. The molecule has 0 radical (unpaired) electrons. The summed E-state index contributed by atoms with van der Waals surface area (Å²) in [5.41, 5.74) is 4.12. The molecule has 4 N–H and O–H groups in total. The van der Waals surface area contributed by atoms with Crippen molar-refractivity contribution in [3.05, 3.63) is 23.6 Å². The third kappa shape index (κ3) is 4.74. The number of nitrogens with two attached hydrogens (primary N) is 1. The van der Waals surface area contributed by atoms with Crippen LogP contribution in [-0.2, 0) is 10.0 Å². The van der Waals surface area contributed by atoms with Crippen LogP contribution in [-0.4, -0.2) is 37.6 Å². The monoisotopic (exact) mass is 304 g/mol. The number of aromatic nitrogens is 1. The quantitative estimate of drug-likeness (QED) is 0.700. The third-order valence-corrected chi connectivity index (χ3v) is 3.24. The molecule has 0 aliphatic heterocycles. The number of sulfonamides is 1. The van der Waals surface area contributed by atoms with Gasteiger partial charge >= 0.3 is 0 Å². The van der Waals surface area contributed by atoms with Crippen LogP contribution in [0.2, 0.25) is 0 Å². The van der Waals surface area contributed by atoms with E-state index in [1.54, 1.807) is 13.8 Å². The summed E-state index contributed by atoms with van der Waals surface area (Å²) in [6, 6.07) is 1.19. The van der Waals surface area contributed by atoms with Crippen LogP contribution in [0.15, 0.2) is 12.3 Å². The SMILES string of the molecule is CC(C)(CNC(=O)c1ccnc(N)c1F)NS(C)(=O)=O. The van der Waals surface area contributed by atoms with Gasteiger partial charge in [0.15, 0.2) is 11.6 Å². The molecule has 0 aliphatic rings. The fourth-order valence-electron chi connectivity index (χ4n) is 1.57. The van der Waals surface area contributed by atoms with Crippen LogP contribution in [0.25, 0.3) is 0 Å². The van der Waals surface area contributed by atoms with Crippen LogP contribution in [0.3, 0.4) is 0 Å². The highest BCUT2D eigenvalue weighted by molar-refractivity contribution is 7.88. The molecule has 20 heavy (non-hydrogen) atoms. The summed E-state index contributed by atoms with van der Waals surface area (Å²) in [7, 11) is -3.41. The fraction of sp³-hybridized carbons (Fsp3) is 0.455. The van der Waals surface area contributed by atoms with Gasteiger partial charge in [0.25, 0.3) is 5.91 Å². The normalized spacial score (nSPS) is 12.2. The minimum Gasteiger partial charge on any atom is -0.381 e. The molecule has 0 unspecified atom stereocenters. The smallest absolute Gasteiger partial charge is 0.254 e. The second-order valence-corrected chi connectivity index (χ2v) is 6.75. The van der Waals surface area contributed by atoms with Gasteiger partial charge in [0, 0.05) is 18.3 Å². The van der Waals surface area contributed by atoms with Crippen LogP contribution >= 0.6 is 0 Å². The highest BCUT2D eigenvalue weighted by atomic mass is 32.2. The number of pyridine rings is 1. The number of hydrogen-bond donors (Lipinski definition) is 3. The Balaban J connectivity index is 2.75. The van der Waals surface area contributed by atoms with Gasteiger partial charge in [0.2, 0.25) is 10.0 Å². The van der Waals surface area contributed by atoms with Crippen molar-refractivity contribution in [2.75, 3.05) is 18.5 Å². The lowest BCUT2D eigenvalue weighted by Crippen LogP contribution is -2.51. The molecule has 0 saturated carbocycles. The Morgan fingerprint density at radius 1 is 1.50 bits per heavy atom. The molecule has 0 aromatic carbocycles. The molecule has 1 amide bonds. The van der Waals surface area contributed by atoms with Crippen molar-refractivity contribution in [2.45, 2.75) is 19.4 Å². The number of amides is 1. The zero-order valence-corrected chi connectivity index (χ0v) is 12.2. The number of nitrogen functional groups attached to an aromatic ring is 1. The second-order valence-electron chi connectivity index (χ2n) is 5.00. The Hall–Kier alpha value is -1.74. The fourth-order valence-corrected chi connectivity index (χ4v) is 2.65. The molecule has 112 valence electrons. The van der Waals surface area contributed by atoms with Crippen LogP contribution < -0.4 is 15.8 Å². The summed E-state index contributed by atoms with van der Waals surface area (Å²) >= 11 is 0. The summed E-state index contributed by atoms with van der Waals surface area (Å²) in [5.74, 6) is -1.97. The molecule has 0 bridgehead atoms. The Bertz CT molecular complexity index is 616. The van der Waals surface area contributed by atoms with Gasteiger partial charge in [0.1, 0.15) is 0 Å². The Morgan fingerprint density at radius 2 is 2.10 bits per heavy atom. The maximum atomic E-state index is 13.6. The molecule has 0 saturated heterocycles. The van der Waals surface area contributed by atoms with E-state index in [9.17, 15) is 17.6 Å². The molecule has 1 aromatic heterocycles. The molecular weight excluding hydrogens is 287 g/mol. The van der Waals surface area contributed by atoms with Crippen LogP contribution in [0.5, 0.6) is 0 Å². The molecule has 1 aromatic rings. The van der Waals surface area contributed by atoms with E-state index >= 15 is 0 Å². The number of carbonyl (C=O) groups is 1. The lowest BCUT2D eigenvalue weighted by molar-refractivity contribution is 0.0940. The van der Waals surface area contributed by atoms with Crippen molar-refractivity contribution >= 4 is 21.7 Å². The summed E-state index contributed by atoms with van der Waals surface area (Å²) in [6.45, 7) is 3.16. The van der Waals surface area contributed by atoms with Crippen molar-refractivity contribution in [3.63, 3.8) is 0 Å². The van der Waals surface area contributed by atoms with E-state index in [1.807, 2.05) is 0 Å². The Morgan fingerprint density at radius 3 is 2.65 bits per heavy atom. The van der Waals surface area contributed by atoms with Gasteiger partial charge in [-0.25, -0.2) is 22.5 Å². The number of nitrogens with zero attached hydrogens (tertiary/aromatic N) is 1. The number of hydrogen-bond acceptors (Lipinski definition) is 5. The molecule has 9 heteroatoms. The van der Waals surface area contributed by atoms with Gasteiger partial charge in [-0.15, -0.1) is 0 Å². The summed E-state index contributed by atoms with van der Waals surface area (Å²) in [6.07, 6.45) is 2.23. The van der Waals surface area contributed by atoms with E-state index in [2.05, 4.69) is 15.0 Å². The largest absolute Gasteiger partial charge is 0.381 e. The van der Waals surface area contributed by atoms with E-state index in [1.165, 1.54) is 12.3 Å². The number of halogens is 1. The highest BCUT2D eigenvalue weighted by Crippen LogP contribution is 2.12. The molecule has 7 nitrogen and oxygen atoms in total. The molecule has 0 aliphatic carbocycles. The standard InChI is InChI=1S/C11H17FN4O3S/c1-11(2,16-20(3,18)19)6-15-10(17)7-4-5-14-9(13)8(7)12/h4-5,16H,6H2,1-3H3,(H2,13,14)(H,15,17). The van der Waals surface area contributed by atoms with Gasteiger partial charge in [-0.2, -0.15) is 0 Å². The van der Waals surface area contributed by atoms with Gasteiger partial charge in [-0.05, 0) is 19.9 Å². The van der Waals surface area contributed by atoms with Crippen LogP contribution in [0.4, 0.5) is 10.2 Å². The number of nitrogens with one attached hydrogen (secondary N) is 2. The minimum absolute atomic E-state index is 0.0133. The first-order valence-electron chi connectivity index (χ1n) is 5.69. The molecule has 0 spiro atoms. The lowest BCUT2D eigenvalue weighted by atomic mass is 10.1. The van der Waals surface area contributed by atoms with Crippen molar-refractivity contribution in [3.8, 4) is 0 Å². The molecule has 0 fully saturated rings. The van der Waals surface area contributed by atoms with Crippen molar-refractivity contribution in [2.24, 2.45) is 0 Å². The number of anilines is 1. The molecule has 1 rings (SSSR count). The van der Waals surface area contributed by atoms with E-state index in [0.29, 0.717) is 0 Å². The van der Waals surface area contributed by atoms with E-state index in [4.69, 9.17) is 5.73 Å². The zero-order chi connectivity index (χ0) is 15.6. The summed E-state index contributed by atoms with van der Waals surface area (Å²) in [4.78, 5) is 15.3. The van der Waals surface area contributed by atoms with Crippen LogP contribution in [0, 0.1) is 5.82 Å². The van der Waals surface area contributed by atoms with Crippen LogP contribution in [0.1, 0.15) is 24.2 Å². The highest BCUT2D eigenvalue weighted by Gasteiger charge is 2.24. The van der Waals surface area contributed by atoms with Gasteiger partial charge in [0.05, 0.1) is 11.8 Å². The maximum absolute atomic E-state index is 13.6. The molecule has 1 heterocycles. The van der Waals surface area contributed by atoms with E-state index in [-0.39, 0.29) is 17.9 Å². The van der Waals surface area contributed by atoms with Crippen molar-refractivity contribution < 1.29 is 17.6 Å². The predicted octanol–water partition coefficient (Wildman–Crippen LogP) is -0.139. The zero-order valence-electron chi connectivity index (χ0n) is 11.4. The maximum Gasteiger partial charge on any atom is 0.254 e. The average Bonchev–Trinajstić information content (AvgIpc) is 2.27. The van der Waals surface area contributed by atoms with Crippen molar-refractivity contribution in [1.29, 1.82) is 0 Å². The Labute approximate surface area is 116 Å². The van der Waals surface area contributed by atoms with Gasteiger partial charge in [-0.1, -0.05) is 0 Å². The van der Waals surface area contributed by atoms with Gasteiger partial charge in [-0.3, -0.25) is 4.79 Å². The summed E-state index contributed by atoms with van der Waals surface area (Å²) in [5, 5.41) is 2.44. The Kier molecular flexibility index (Phi) is 4.66. The first kappa shape index (κ1) is 16.3. The topological polar surface area (TPSA) is 114 Å². The van der Waals surface area contributed by atoms with E-state index in [0.717, 1.165) is 6.26 Å². The lowest BCUT2D eigenvalue weighted by Gasteiger charge is -2.25. The second kappa shape index (κ2) is 5.71. The third-order valence-electron chi connectivity index (χ3n) is 2.31. The molecule has 0 atom stereocenters. The molecular formula is C11H17FN4O3S. The average molecular weight is 304 g/mol. The minimum atomic E-state index is -3.41. The van der Waals surface area contributed by atoms with E-state index < -0.39 is 27.3 Å². The van der Waals surface area contributed by atoms with Gasteiger partial charge < -0.3 is 11.1 Å². The first-order chi connectivity index (χ1) is 9.02. The number of carbonyl (C=O) groups excluding carboxylic acids is 1. The predicted molar refractivity (Wildman–Crippen MR) is 73.0 cm³/mol. The van der Waals surface area contributed by atoms with Crippen molar-refractivity contribution in [1.82, 2.24) is 15.0 Å².